The molecule has 166 valence electrons. The van der Waals surface area contributed by atoms with Gasteiger partial charge in [-0.25, -0.2) is 8.42 Å². The number of aromatic nitrogens is 2. The molecule has 0 N–H and O–H groups in total. The molecule has 0 unspecified atom stereocenters. The molecule has 9 heteroatoms. The number of sulfonamides is 1. The number of hydrogen-bond donors (Lipinski definition) is 0. The van der Waals surface area contributed by atoms with Gasteiger partial charge in [0, 0.05) is 26.2 Å². The Morgan fingerprint density at radius 3 is 2.38 bits per heavy atom. The average molecular weight is 453 g/mol. The first-order valence-electron chi connectivity index (χ1n) is 10.5. The Balaban J connectivity index is 1.24. The molecule has 1 aliphatic rings. The van der Waals surface area contributed by atoms with Crippen LogP contribution in [-0.2, 0) is 16.6 Å². The lowest BCUT2D eigenvalue weighted by Gasteiger charge is -2.33. The van der Waals surface area contributed by atoms with E-state index in [0.29, 0.717) is 49.4 Å². The van der Waals surface area contributed by atoms with E-state index >= 15 is 0 Å². The van der Waals surface area contributed by atoms with Crippen LogP contribution < -0.4 is 0 Å². The van der Waals surface area contributed by atoms with Gasteiger partial charge in [0.25, 0.3) is 5.89 Å². The summed E-state index contributed by atoms with van der Waals surface area (Å²) in [5.74, 6) is 2.47. The van der Waals surface area contributed by atoms with Crippen molar-refractivity contribution in [2.75, 3.05) is 26.2 Å². The zero-order chi connectivity index (χ0) is 22.3. The quantitative estimate of drug-likeness (QED) is 0.457. The van der Waals surface area contributed by atoms with E-state index in [9.17, 15) is 8.42 Å². The normalized spacial score (nSPS) is 16.1. The SMILES string of the molecule is Cc1cc(-c2nnc(CN3CCN(S(=O)(=O)c4ccc5ccccc5c4)CC3)o2)c(C)o1. The van der Waals surface area contributed by atoms with E-state index in [1.54, 1.807) is 16.4 Å². The van der Waals surface area contributed by atoms with E-state index < -0.39 is 10.0 Å². The summed E-state index contributed by atoms with van der Waals surface area (Å²) in [6.07, 6.45) is 0. The molecule has 0 saturated carbocycles. The number of nitrogens with zero attached hydrogens (tertiary/aromatic N) is 4. The van der Waals surface area contributed by atoms with Crippen molar-refractivity contribution >= 4 is 20.8 Å². The Hall–Kier alpha value is -3.01. The highest BCUT2D eigenvalue weighted by Gasteiger charge is 2.29. The Morgan fingerprint density at radius 2 is 1.66 bits per heavy atom. The predicted molar refractivity (Wildman–Crippen MR) is 119 cm³/mol. The van der Waals surface area contributed by atoms with Crippen LogP contribution in [0.4, 0.5) is 0 Å². The second-order valence-electron chi connectivity index (χ2n) is 8.02. The van der Waals surface area contributed by atoms with Gasteiger partial charge in [0.15, 0.2) is 0 Å². The van der Waals surface area contributed by atoms with Gasteiger partial charge in [0.2, 0.25) is 15.9 Å². The summed E-state index contributed by atoms with van der Waals surface area (Å²) in [6, 6.07) is 14.9. The van der Waals surface area contributed by atoms with Crippen molar-refractivity contribution in [3.63, 3.8) is 0 Å². The number of aryl methyl sites for hydroxylation is 2. The summed E-state index contributed by atoms with van der Waals surface area (Å²) in [5.41, 5.74) is 0.799. The molecule has 32 heavy (non-hydrogen) atoms. The van der Waals surface area contributed by atoms with Crippen LogP contribution in [0, 0.1) is 13.8 Å². The van der Waals surface area contributed by atoms with Crippen molar-refractivity contribution in [3.05, 3.63) is 65.9 Å². The Morgan fingerprint density at radius 1 is 0.906 bits per heavy atom. The van der Waals surface area contributed by atoms with Gasteiger partial charge >= 0.3 is 0 Å². The lowest BCUT2D eigenvalue weighted by atomic mass is 10.1. The van der Waals surface area contributed by atoms with Crippen molar-refractivity contribution in [2.45, 2.75) is 25.3 Å². The fourth-order valence-corrected chi connectivity index (χ4v) is 5.52. The van der Waals surface area contributed by atoms with Crippen LogP contribution in [0.25, 0.3) is 22.2 Å². The maximum atomic E-state index is 13.1. The van der Waals surface area contributed by atoms with Crippen molar-refractivity contribution in [2.24, 2.45) is 0 Å². The van der Waals surface area contributed by atoms with Crippen LogP contribution in [0.3, 0.4) is 0 Å². The third kappa shape index (κ3) is 3.94. The number of furan rings is 1. The van der Waals surface area contributed by atoms with E-state index in [4.69, 9.17) is 8.83 Å². The zero-order valence-corrected chi connectivity index (χ0v) is 18.8. The monoisotopic (exact) mass is 452 g/mol. The molecule has 1 aliphatic heterocycles. The van der Waals surface area contributed by atoms with Crippen LogP contribution in [-0.4, -0.2) is 54.0 Å². The van der Waals surface area contributed by atoms with Crippen molar-refractivity contribution in [1.29, 1.82) is 0 Å². The number of benzene rings is 2. The molecule has 0 atom stereocenters. The first-order valence-corrected chi connectivity index (χ1v) is 12.0. The summed E-state index contributed by atoms with van der Waals surface area (Å²) in [6.45, 7) is 6.22. The number of rotatable bonds is 5. The average Bonchev–Trinajstić information content (AvgIpc) is 3.39. The van der Waals surface area contributed by atoms with Gasteiger partial charge < -0.3 is 8.83 Å². The molecule has 2 aromatic heterocycles. The molecule has 4 aromatic rings. The standard InChI is InChI=1S/C23H24N4O4S/c1-16-13-21(17(2)30-16)23-25-24-22(31-23)15-26-9-11-27(12-10-26)32(28,29)20-8-7-18-5-3-4-6-19(18)14-20/h3-8,13-14H,9-12,15H2,1-2H3. The van der Waals surface area contributed by atoms with Crippen molar-refractivity contribution < 1.29 is 17.3 Å². The number of hydrogen-bond acceptors (Lipinski definition) is 7. The maximum absolute atomic E-state index is 13.1. The molecule has 8 nitrogen and oxygen atoms in total. The third-order valence-electron chi connectivity index (χ3n) is 5.79. The topological polar surface area (TPSA) is 92.7 Å². The predicted octanol–water partition coefficient (Wildman–Crippen LogP) is 3.61. The second-order valence-corrected chi connectivity index (χ2v) is 9.95. The fourth-order valence-electron chi connectivity index (χ4n) is 4.07. The molecule has 0 radical (unpaired) electrons. The molecule has 1 saturated heterocycles. The Labute approximate surface area is 186 Å². The van der Waals surface area contributed by atoms with Crippen LogP contribution >= 0.6 is 0 Å². The second kappa shape index (κ2) is 8.16. The minimum Gasteiger partial charge on any atom is -0.466 e. The molecule has 0 bridgehead atoms. The van der Waals surface area contributed by atoms with Gasteiger partial charge in [-0.2, -0.15) is 4.31 Å². The fraction of sp³-hybridized carbons (Fsp3) is 0.304. The van der Waals surface area contributed by atoms with E-state index in [1.807, 2.05) is 50.2 Å². The van der Waals surface area contributed by atoms with Crippen LogP contribution in [0.2, 0.25) is 0 Å². The maximum Gasteiger partial charge on any atom is 0.251 e. The summed E-state index contributed by atoms with van der Waals surface area (Å²) >= 11 is 0. The summed E-state index contributed by atoms with van der Waals surface area (Å²) in [5, 5.41) is 10.2. The van der Waals surface area contributed by atoms with Gasteiger partial charge in [-0.3, -0.25) is 4.90 Å². The van der Waals surface area contributed by atoms with E-state index in [1.165, 1.54) is 0 Å². The van der Waals surface area contributed by atoms with E-state index in [0.717, 1.165) is 27.9 Å². The molecule has 5 rings (SSSR count). The van der Waals surface area contributed by atoms with E-state index in [-0.39, 0.29) is 0 Å². The molecule has 3 heterocycles. The number of piperazine rings is 1. The lowest BCUT2D eigenvalue weighted by molar-refractivity contribution is 0.168. The molecule has 0 aliphatic carbocycles. The third-order valence-corrected chi connectivity index (χ3v) is 7.68. The Bertz CT molecular complexity index is 1370. The van der Waals surface area contributed by atoms with Crippen LogP contribution in [0.15, 0.2) is 62.3 Å². The molecule has 0 spiro atoms. The summed E-state index contributed by atoms with van der Waals surface area (Å²) in [4.78, 5) is 2.45. The first kappa shape index (κ1) is 20.9. The van der Waals surface area contributed by atoms with Crippen molar-refractivity contribution in [1.82, 2.24) is 19.4 Å². The summed E-state index contributed by atoms with van der Waals surface area (Å²) in [7, 11) is -3.54. The Kier molecular flexibility index (Phi) is 5.32. The zero-order valence-electron chi connectivity index (χ0n) is 18.0. The van der Waals surface area contributed by atoms with Crippen LogP contribution in [0.1, 0.15) is 17.4 Å². The van der Waals surface area contributed by atoms with Crippen molar-refractivity contribution in [3.8, 4) is 11.5 Å². The van der Waals surface area contributed by atoms with Gasteiger partial charge in [-0.05, 0) is 42.8 Å². The minimum absolute atomic E-state index is 0.331. The molecular formula is C23H24N4O4S. The molecule has 1 fully saturated rings. The highest BCUT2D eigenvalue weighted by Crippen LogP contribution is 2.26. The molecule has 2 aromatic carbocycles. The lowest BCUT2D eigenvalue weighted by Crippen LogP contribution is -2.48. The van der Waals surface area contributed by atoms with Gasteiger partial charge in [0.05, 0.1) is 17.0 Å². The van der Waals surface area contributed by atoms with Gasteiger partial charge in [-0.1, -0.05) is 30.3 Å². The summed E-state index contributed by atoms with van der Waals surface area (Å²) < 4.78 is 39.2. The molecule has 0 amide bonds. The number of fused-ring (bicyclic) bond motifs is 1. The minimum atomic E-state index is -3.54. The smallest absolute Gasteiger partial charge is 0.251 e. The van der Waals surface area contributed by atoms with Gasteiger partial charge in [0.1, 0.15) is 11.5 Å². The largest absolute Gasteiger partial charge is 0.466 e. The van der Waals surface area contributed by atoms with Gasteiger partial charge in [-0.15, -0.1) is 10.2 Å². The first-order chi connectivity index (χ1) is 15.4. The highest BCUT2D eigenvalue weighted by molar-refractivity contribution is 7.89. The highest BCUT2D eigenvalue weighted by atomic mass is 32.2. The van der Waals surface area contributed by atoms with E-state index in [2.05, 4.69) is 15.1 Å². The van der Waals surface area contributed by atoms with Crippen LogP contribution in [0.5, 0.6) is 0 Å². The molecular weight excluding hydrogens is 428 g/mol.